The molecule has 0 aliphatic rings. The Kier molecular flexibility index (Phi) is 4.56. The molecule has 0 atom stereocenters. The van der Waals surface area contributed by atoms with E-state index in [9.17, 15) is 14.4 Å². The second kappa shape index (κ2) is 7.20. The van der Waals surface area contributed by atoms with Crippen LogP contribution < -0.4 is 16.3 Å². The molecule has 2 aromatic carbocycles. The normalized spacial score (nSPS) is 10.8. The average molecular weight is 387 g/mol. The lowest BCUT2D eigenvalue weighted by atomic mass is 10.1. The summed E-state index contributed by atoms with van der Waals surface area (Å²) in [5.41, 5.74) is 2.08. The predicted octanol–water partition coefficient (Wildman–Crippen LogP) is 3.41. The lowest BCUT2D eigenvalue weighted by Gasteiger charge is -2.07. The molecule has 7 nitrogen and oxygen atoms in total. The molecule has 2 heterocycles. The zero-order chi connectivity index (χ0) is 20.5. The third kappa shape index (κ3) is 3.84. The quantitative estimate of drug-likeness (QED) is 0.560. The molecule has 0 spiro atoms. The van der Waals surface area contributed by atoms with E-state index in [2.05, 4.69) is 15.3 Å². The van der Waals surface area contributed by atoms with Gasteiger partial charge in [-0.3, -0.25) is 14.4 Å². The number of carbonyl (C=O) groups is 1. The number of amides is 1. The van der Waals surface area contributed by atoms with E-state index in [0.717, 1.165) is 5.56 Å². The fourth-order valence-electron chi connectivity index (χ4n) is 3.03. The van der Waals surface area contributed by atoms with Crippen molar-refractivity contribution < 1.29 is 9.21 Å². The van der Waals surface area contributed by atoms with Crippen LogP contribution in [0.3, 0.4) is 0 Å². The van der Waals surface area contributed by atoms with Crippen molar-refractivity contribution in [2.24, 2.45) is 0 Å². The molecule has 4 aromatic rings. The fraction of sp³-hybridized carbons (Fsp3) is 0.0909. The van der Waals surface area contributed by atoms with Crippen molar-refractivity contribution in [1.82, 2.24) is 9.97 Å². The number of aromatic amines is 1. The summed E-state index contributed by atoms with van der Waals surface area (Å²) in [6.45, 7) is 3.55. The van der Waals surface area contributed by atoms with Crippen LogP contribution in [0.5, 0.6) is 0 Å². The summed E-state index contributed by atoms with van der Waals surface area (Å²) < 4.78 is 5.86. The molecule has 29 heavy (non-hydrogen) atoms. The maximum Gasteiger partial charge on any atom is 0.256 e. The minimum atomic E-state index is -0.399. The number of rotatable bonds is 3. The first-order chi connectivity index (χ1) is 13.9. The van der Waals surface area contributed by atoms with Crippen LogP contribution in [0.1, 0.15) is 21.7 Å². The van der Waals surface area contributed by atoms with E-state index < -0.39 is 5.91 Å². The van der Waals surface area contributed by atoms with Gasteiger partial charge >= 0.3 is 0 Å². The number of aromatic nitrogens is 2. The van der Waals surface area contributed by atoms with Gasteiger partial charge in [-0.05, 0) is 38.1 Å². The summed E-state index contributed by atoms with van der Waals surface area (Å²) >= 11 is 0. The van der Waals surface area contributed by atoms with Gasteiger partial charge < -0.3 is 14.7 Å². The van der Waals surface area contributed by atoms with Gasteiger partial charge in [0.15, 0.2) is 5.43 Å². The highest BCUT2D eigenvalue weighted by atomic mass is 16.3. The Balaban J connectivity index is 1.61. The van der Waals surface area contributed by atoms with E-state index in [1.54, 1.807) is 43.3 Å². The van der Waals surface area contributed by atoms with Crippen LogP contribution in [0.15, 0.2) is 68.6 Å². The summed E-state index contributed by atoms with van der Waals surface area (Å²) in [5, 5.41) is 3.13. The van der Waals surface area contributed by atoms with Crippen LogP contribution in [0.25, 0.3) is 22.3 Å². The van der Waals surface area contributed by atoms with Crippen LogP contribution in [0.4, 0.5) is 5.82 Å². The molecule has 0 aliphatic heterocycles. The van der Waals surface area contributed by atoms with Gasteiger partial charge in [0, 0.05) is 23.3 Å². The van der Waals surface area contributed by atoms with E-state index in [0.29, 0.717) is 33.7 Å². The predicted molar refractivity (Wildman–Crippen MR) is 110 cm³/mol. The van der Waals surface area contributed by atoms with Crippen molar-refractivity contribution in [3.05, 3.63) is 92.1 Å². The fourth-order valence-corrected chi connectivity index (χ4v) is 3.03. The highest BCUT2D eigenvalue weighted by molar-refractivity contribution is 6.04. The molecule has 0 aliphatic carbocycles. The Hall–Kier alpha value is -4.00. The van der Waals surface area contributed by atoms with Crippen molar-refractivity contribution in [3.8, 4) is 11.3 Å². The van der Waals surface area contributed by atoms with Gasteiger partial charge in [0.1, 0.15) is 23.0 Å². The Morgan fingerprint density at radius 1 is 1.00 bits per heavy atom. The number of fused-ring (bicyclic) bond motifs is 1. The number of anilines is 1. The smallest absolute Gasteiger partial charge is 0.256 e. The Morgan fingerprint density at radius 2 is 1.76 bits per heavy atom. The molecule has 7 heteroatoms. The van der Waals surface area contributed by atoms with Crippen LogP contribution in [-0.2, 0) is 0 Å². The minimum absolute atomic E-state index is 0.123. The highest BCUT2D eigenvalue weighted by Crippen LogP contribution is 2.23. The average Bonchev–Trinajstić information content (AvgIpc) is 2.67. The van der Waals surface area contributed by atoms with E-state index in [1.807, 2.05) is 13.0 Å². The standard InChI is InChI=1S/C22H17N3O4/c1-12-3-8-18-16(9-12)17(26)10-19(29-18)14-4-6-15(7-5-14)22(28)25-20-11-21(27)24-13(2)23-20/h3-11H,1-2H3,(H2,23,24,25,27,28). The number of hydrogen-bond acceptors (Lipinski definition) is 5. The lowest BCUT2D eigenvalue weighted by Crippen LogP contribution is -2.17. The monoisotopic (exact) mass is 387 g/mol. The first-order valence-corrected chi connectivity index (χ1v) is 8.93. The van der Waals surface area contributed by atoms with Crippen LogP contribution in [-0.4, -0.2) is 15.9 Å². The van der Waals surface area contributed by atoms with E-state index >= 15 is 0 Å². The molecular formula is C22H17N3O4. The number of aryl methyl sites for hydroxylation is 2. The zero-order valence-corrected chi connectivity index (χ0v) is 15.8. The van der Waals surface area contributed by atoms with Crippen molar-refractivity contribution >= 4 is 22.7 Å². The topological polar surface area (TPSA) is 105 Å². The summed E-state index contributed by atoms with van der Waals surface area (Å²) in [6, 6.07) is 14.7. The van der Waals surface area contributed by atoms with E-state index in [-0.39, 0.29) is 16.8 Å². The third-order valence-corrected chi connectivity index (χ3v) is 4.42. The first kappa shape index (κ1) is 18.4. The van der Waals surface area contributed by atoms with Crippen molar-refractivity contribution in [2.45, 2.75) is 13.8 Å². The lowest BCUT2D eigenvalue weighted by molar-refractivity contribution is 0.102. The van der Waals surface area contributed by atoms with Crippen LogP contribution >= 0.6 is 0 Å². The van der Waals surface area contributed by atoms with Gasteiger partial charge in [0.05, 0.1) is 5.39 Å². The van der Waals surface area contributed by atoms with Gasteiger partial charge in [0.2, 0.25) is 0 Å². The van der Waals surface area contributed by atoms with Crippen LogP contribution in [0, 0.1) is 13.8 Å². The molecular weight excluding hydrogens is 370 g/mol. The minimum Gasteiger partial charge on any atom is -0.456 e. The second-order valence-electron chi connectivity index (χ2n) is 6.72. The van der Waals surface area contributed by atoms with Gasteiger partial charge in [-0.25, -0.2) is 4.98 Å². The highest BCUT2D eigenvalue weighted by Gasteiger charge is 2.11. The van der Waals surface area contributed by atoms with Gasteiger partial charge in [-0.15, -0.1) is 0 Å². The number of nitrogens with zero attached hydrogens (tertiary/aromatic N) is 1. The number of benzene rings is 2. The number of carbonyl (C=O) groups excluding carboxylic acids is 1. The molecule has 0 bridgehead atoms. The molecule has 1 amide bonds. The van der Waals surface area contributed by atoms with Gasteiger partial charge in [0.25, 0.3) is 11.5 Å². The molecule has 0 saturated carbocycles. The molecule has 2 N–H and O–H groups in total. The maximum absolute atomic E-state index is 12.4. The zero-order valence-electron chi connectivity index (χ0n) is 15.8. The summed E-state index contributed by atoms with van der Waals surface area (Å²) in [4.78, 5) is 42.9. The van der Waals surface area contributed by atoms with Crippen molar-refractivity contribution in [3.63, 3.8) is 0 Å². The SMILES string of the molecule is Cc1ccc2oc(-c3ccc(C(=O)Nc4cc(=O)[nH]c(C)n4)cc3)cc(=O)c2c1. The largest absolute Gasteiger partial charge is 0.456 e. The van der Waals surface area contributed by atoms with Gasteiger partial charge in [-0.2, -0.15) is 0 Å². The Labute approximate surface area is 165 Å². The number of H-pyrrole nitrogens is 1. The van der Waals surface area contributed by atoms with Crippen molar-refractivity contribution in [1.29, 1.82) is 0 Å². The maximum atomic E-state index is 12.4. The van der Waals surface area contributed by atoms with Gasteiger partial charge in [-0.1, -0.05) is 23.8 Å². The summed E-state index contributed by atoms with van der Waals surface area (Å²) in [6.07, 6.45) is 0. The summed E-state index contributed by atoms with van der Waals surface area (Å²) in [7, 11) is 0. The molecule has 0 fully saturated rings. The van der Waals surface area contributed by atoms with Crippen molar-refractivity contribution in [2.75, 3.05) is 5.32 Å². The Bertz CT molecular complexity index is 1350. The third-order valence-electron chi connectivity index (χ3n) is 4.42. The second-order valence-corrected chi connectivity index (χ2v) is 6.72. The van der Waals surface area contributed by atoms with Crippen LogP contribution in [0.2, 0.25) is 0 Å². The molecule has 4 rings (SSSR count). The number of nitrogens with one attached hydrogen (secondary N) is 2. The summed E-state index contributed by atoms with van der Waals surface area (Å²) in [5.74, 6) is 0.607. The van der Waals surface area contributed by atoms with E-state index in [1.165, 1.54) is 12.1 Å². The first-order valence-electron chi connectivity index (χ1n) is 8.93. The molecule has 0 radical (unpaired) electrons. The molecule has 144 valence electrons. The molecule has 0 saturated heterocycles. The molecule has 2 aromatic heterocycles. The number of hydrogen-bond donors (Lipinski definition) is 2. The Morgan fingerprint density at radius 3 is 2.48 bits per heavy atom. The van der Waals surface area contributed by atoms with E-state index in [4.69, 9.17) is 4.42 Å². The molecule has 0 unspecified atom stereocenters.